The molecule has 0 unspecified atom stereocenters. The summed E-state index contributed by atoms with van der Waals surface area (Å²) in [7, 11) is 0. The maximum absolute atomic E-state index is 5.96. The Balaban J connectivity index is 2.01. The van der Waals surface area contributed by atoms with Crippen LogP contribution in [0.4, 0.5) is 0 Å². The van der Waals surface area contributed by atoms with E-state index in [2.05, 4.69) is 10.1 Å². The Kier molecular flexibility index (Phi) is 5.19. The Morgan fingerprint density at radius 2 is 1.95 bits per heavy atom. The number of aromatic nitrogens is 2. The van der Waals surface area contributed by atoms with E-state index in [4.69, 9.17) is 33.5 Å². The van der Waals surface area contributed by atoms with Crippen LogP contribution in [0, 0.1) is 0 Å². The zero-order valence-electron chi connectivity index (χ0n) is 10.4. The molecule has 0 atom stereocenters. The van der Waals surface area contributed by atoms with Crippen molar-refractivity contribution in [1.29, 1.82) is 0 Å². The number of rotatable bonds is 6. The maximum atomic E-state index is 5.96. The fraction of sp³-hybridized carbons (Fsp3) is 0.385. The van der Waals surface area contributed by atoms with Crippen LogP contribution < -0.4 is 5.73 Å². The summed E-state index contributed by atoms with van der Waals surface area (Å²) >= 11 is 11.8. The molecule has 0 spiro atoms. The molecule has 1 aromatic heterocycles. The van der Waals surface area contributed by atoms with E-state index in [9.17, 15) is 0 Å². The van der Waals surface area contributed by atoms with Gasteiger partial charge >= 0.3 is 0 Å². The lowest BCUT2D eigenvalue weighted by Gasteiger charge is -1.97. The van der Waals surface area contributed by atoms with Crippen molar-refractivity contribution in [3.05, 3.63) is 34.1 Å². The van der Waals surface area contributed by atoms with E-state index < -0.39 is 0 Å². The molecule has 4 nitrogen and oxygen atoms in total. The molecule has 6 heteroatoms. The Morgan fingerprint density at radius 1 is 1.11 bits per heavy atom. The summed E-state index contributed by atoms with van der Waals surface area (Å²) in [5.41, 5.74) is 6.24. The fourth-order valence-corrected chi connectivity index (χ4v) is 2.00. The molecule has 0 aliphatic rings. The van der Waals surface area contributed by atoms with Gasteiger partial charge in [-0.1, -0.05) is 34.8 Å². The fourth-order valence-electron chi connectivity index (χ4n) is 1.71. The van der Waals surface area contributed by atoms with Crippen molar-refractivity contribution in [2.24, 2.45) is 5.73 Å². The molecule has 1 heterocycles. The molecular formula is C13H15Cl2N3O. The van der Waals surface area contributed by atoms with Crippen LogP contribution in [0.5, 0.6) is 0 Å². The van der Waals surface area contributed by atoms with Gasteiger partial charge in [0.2, 0.25) is 11.7 Å². The smallest absolute Gasteiger partial charge is 0.226 e. The summed E-state index contributed by atoms with van der Waals surface area (Å²) in [6.45, 7) is 0.721. The molecule has 2 rings (SSSR count). The van der Waals surface area contributed by atoms with Crippen molar-refractivity contribution in [2.45, 2.75) is 25.7 Å². The van der Waals surface area contributed by atoms with E-state index in [1.54, 1.807) is 12.1 Å². The summed E-state index contributed by atoms with van der Waals surface area (Å²) < 4.78 is 5.20. The van der Waals surface area contributed by atoms with Gasteiger partial charge in [-0.3, -0.25) is 0 Å². The zero-order valence-corrected chi connectivity index (χ0v) is 11.9. The van der Waals surface area contributed by atoms with E-state index >= 15 is 0 Å². The summed E-state index contributed by atoms with van der Waals surface area (Å²) in [6.07, 6.45) is 3.86. The van der Waals surface area contributed by atoms with Crippen molar-refractivity contribution in [2.75, 3.05) is 6.54 Å². The third-order valence-corrected chi connectivity index (χ3v) is 3.48. The first kappa shape index (κ1) is 14.3. The van der Waals surface area contributed by atoms with Crippen LogP contribution in [-0.4, -0.2) is 16.7 Å². The molecule has 0 fully saturated rings. The summed E-state index contributed by atoms with van der Waals surface area (Å²) in [4.78, 5) is 4.34. The van der Waals surface area contributed by atoms with Gasteiger partial charge in [0, 0.05) is 12.0 Å². The molecule has 0 aliphatic carbocycles. The van der Waals surface area contributed by atoms with E-state index in [1.807, 2.05) is 6.07 Å². The Morgan fingerprint density at radius 3 is 2.68 bits per heavy atom. The van der Waals surface area contributed by atoms with E-state index in [0.717, 1.165) is 37.8 Å². The van der Waals surface area contributed by atoms with Crippen LogP contribution in [0.15, 0.2) is 22.7 Å². The number of hydrogen-bond acceptors (Lipinski definition) is 4. The van der Waals surface area contributed by atoms with Gasteiger partial charge < -0.3 is 10.3 Å². The minimum atomic E-state index is 0.480. The molecule has 0 bridgehead atoms. The van der Waals surface area contributed by atoms with Crippen LogP contribution in [-0.2, 0) is 6.42 Å². The first-order valence-electron chi connectivity index (χ1n) is 6.19. The second kappa shape index (κ2) is 6.89. The normalized spacial score (nSPS) is 10.9. The lowest BCUT2D eigenvalue weighted by molar-refractivity contribution is 0.374. The molecule has 0 radical (unpaired) electrons. The molecule has 19 heavy (non-hydrogen) atoms. The highest BCUT2D eigenvalue weighted by molar-refractivity contribution is 6.42. The second-order valence-electron chi connectivity index (χ2n) is 4.24. The number of benzene rings is 1. The first-order chi connectivity index (χ1) is 9.20. The van der Waals surface area contributed by atoms with Gasteiger partial charge in [0.1, 0.15) is 0 Å². The van der Waals surface area contributed by atoms with Gasteiger partial charge in [-0.05, 0) is 37.6 Å². The highest BCUT2D eigenvalue weighted by Crippen LogP contribution is 2.27. The highest BCUT2D eigenvalue weighted by atomic mass is 35.5. The largest absolute Gasteiger partial charge is 0.339 e. The maximum Gasteiger partial charge on any atom is 0.226 e. The molecular weight excluding hydrogens is 285 g/mol. The van der Waals surface area contributed by atoms with Gasteiger partial charge in [0.05, 0.1) is 10.0 Å². The van der Waals surface area contributed by atoms with Crippen LogP contribution in [0.1, 0.15) is 25.2 Å². The highest BCUT2D eigenvalue weighted by Gasteiger charge is 2.09. The SMILES string of the molecule is NCCCCCc1nc(-c2ccc(Cl)c(Cl)c2)no1. The third kappa shape index (κ3) is 3.93. The number of aryl methyl sites for hydroxylation is 1. The molecule has 2 N–H and O–H groups in total. The van der Waals surface area contributed by atoms with Crippen LogP contribution in [0.3, 0.4) is 0 Å². The molecule has 0 saturated carbocycles. The molecule has 0 saturated heterocycles. The summed E-state index contributed by atoms with van der Waals surface area (Å²) in [5.74, 6) is 1.17. The second-order valence-corrected chi connectivity index (χ2v) is 5.05. The van der Waals surface area contributed by atoms with Crippen LogP contribution >= 0.6 is 23.2 Å². The van der Waals surface area contributed by atoms with Gasteiger partial charge in [-0.25, -0.2) is 0 Å². The predicted molar refractivity (Wildman–Crippen MR) is 76.4 cm³/mol. The first-order valence-corrected chi connectivity index (χ1v) is 6.94. The quantitative estimate of drug-likeness (QED) is 0.826. The topological polar surface area (TPSA) is 64.9 Å². The number of halogens is 2. The van der Waals surface area contributed by atoms with Gasteiger partial charge in [0.15, 0.2) is 0 Å². The predicted octanol–water partition coefficient (Wildman–Crippen LogP) is 3.71. The van der Waals surface area contributed by atoms with Crippen molar-refractivity contribution >= 4 is 23.2 Å². The summed E-state index contributed by atoms with van der Waals surface area (Å²) in [5, 5.41) is 4.93. The van der Waals surface area contributed by atoms with E-state index in [1.165, 1.54) is 0 Å². The Bertz CT molecular complexity index is 542. The van der Waals surface area contributed by atoms with Gasteiger partial charge in [0.25, 0.3) is 0 Å². The van der Waals surface area contributed by atoms with Gasteiger partial charge in [-0.15, -0.1) is 0 Å². The van der Waals surface area contributed by atoms with E-state index in [0.29, 0.717) is 21.8 Å². The van der Waals surface area contributed by atoms with E-state index in [-0.39, 0.29) is 0 Å². The average molecular weight is 300 g/mol. The lowest BCUT2D eigenvalue weighted by atomic mass is 10.2. The van der Waals surface area contributed by atoms with Crippen molar-refractivity contribution < 1.29 is 4.52 Å². The number of nitrogens with two attached hydrogens (primary N) is 1. The standard InChI is InChI=1S/C13H15Cl2N3O/c14-10-6-5-9(8-11(10)15)13-17-12(19-18-13)4-2-1-3-7-16/h5-6,8H,1-4,7,16H2. The minimum absolute atomic E-state index is 0.480. The zero-order chi connectivity index (χ0) is 13.7. The van der Waals surface area contributed by atoms with Crippen LogP contribution in [0.2, 0.25) is 10.0 Å². The molecule has 2 aromatic rings. The molecule has 1 aromatic carbocycles. The summed E-state index contributed by atoms with van der Waals surface area (Å²) in [6, 6.07) is 5.26. The number of nitrogens with zero attached hydrogens (tertiary/aromatic N) is 2. The van der Waals surface area contributed by atoms with Crippen molar-refractivity contribution in [3.63, 3.8) is 0 Å². The number of unbranched alkanes of at least 4 members (excludes halogenated alkanes) is 2. The van der Waals surface area contributed by atoms with Crippen molar-refractivity contribution in [1.82, 2.24) is 10.1 Å². The lowest BCUT2D eigenvalue weighted by Crippen LogP contribution is -1.98. The monoisotopic (exact) mass is 299 g/mol. The molecule has 102 valence electrons. The molecule has 0 aliphatic heterocycles. The Labute approximate surface area is 121 Å². The number of hydrogen-bond donors (Lipinski definition) is 1. The third-order valence-electron chi connectivity index (χ3n) is 2.74. The molecule has 0 amide bonds. The Hall–Kier alpha value is -1.10. The van der Waals surface area contributed by atoms with Crippen molar-refractivity contribution in [3.8, 4) is 11.4 Å². The van der Waals surface area contributed by atoms with Crippen LogP contribution in [0.25, 0.3) is 11.4 Å². The minimum Gasteiger partial charge on any atom is -0.339 e. The van der Waals surface area contributed by atoms with Gasteiger partial charge in [-0.2, -0.15) is 4.98 Å². The average Bonchev–Trinajstić information content (AvgIpc) is 2.87.